The molecule has 2 rings (SSSR count). The van der Waals surface area contributed by atoms with E-state index >= 15 is 0 Å². The Morgan fingerprint density at radius 1 is 1.38 bits per heavy atom. The third kappa shape index (κ3) is 1.80. The molecule has 0 aromatic carbocycles. The zero-order chi connectivity index (χ0) is 11.7. The van der Waals surface area contributed by atoms with E-state index < -0.39 is 0 Å². The highest BCUT2D eigenvalue weighted by molar-refractivity contribution is 5.82. The summed E-state index contributed by atoms with van der Waals surface area (Å²) in [6.07, 6.45) is 2.86. The maximum atomic E-state index is 5.61. The summed E-state index contributed by atoms with van der Waals surface area (Å²) < 4.78 is 0. The Kier molecular flexibility index (Phi) is 2.92. The average molecular weight is 218 g/mol. The van der Waals surface area contributed by atoms with Crippen LogP contribution in [0.4, 0.5) is 0 Å². The Morgan fingerprint density at radius 2 is 2.12 bits per heavy atom. The van der Waals surface area contributed by atoms with Crippen LogP contribution in [0.15, 0.2) is 6.20 Å². The van der Waals surface area contributed by atoms with Crippen molar-refractivity contribution in [2.45, 2.75) is 33.1 Å². The zero-order valence-electron chi connectivity index (χ0n) is 10.0. The molecule has 0 aliphatic carbocycles. The van der Waals surface area contributed by atoms with Crippen molar-refractivity contribution in [2.75, 3.05) is 6.54 Å². The first-order valence-electron chi connectivity index (χ1n) is 5.68. The lowest BCUT2D eigenvalue weighted by molar-refractivity contribution is 0.815. The molecular weight excluding hydrogens is 200 g/mol. The van der Waals surface area contributed by atoms with Gasteiger partial charge >= 0.3 is 0 Å². The van der Waals surface area contributed by atoms with Crippen molar-refractivity contribution in [2.24, 2.45) is 5.73 Å². The highest BCUT2D eigenvalue weighted by Crippen LogP contribution is 2.25. The Hall–Kier alpha value is -1.42. The van der Waals surface area contributed by atoms with Crippen LogP contribution in [0.25, 0.3) is 11.0 Å². The van der Waals surface area contributed by atoms with E-state index in [4.69, 9.17) is 5.73 Å². The van der Waals surface area contributed by atoms with Crippen LogP contribution in [0, 0.1) is 6.92 Å². The van der Waals surface area contributed by atoms with Gasteiger partial charge in [-0.3, -0.25) is 0 Å². The van der Waals surface area contributed by atoms with Gasteiger partial charge in [0.25, 0.3) is 0 Å². The molecular formula is C12H18N4. The van der Waals surface area contributed by atoms with E-state index in [1.54, 1.807) is 0 Å². The number of H-pyrrole nitrogens is 1. The number of aromatic nitrogens is 3. The summed E-state index contributed by atoms with van der Waals surface area (Å²) in [7, 11) is 0. The monoisotopic (exact) mass is 218 g/mol. The Bertz CT molecular complexity index is 499. The fourth-order valence-corrected chi connectivity index (χ4v) is 2.01. The Morgan fingerprint density at radius 3 is 2.75 bits per heavy atom. The van der Waals surface area contributed by atoms with Gasteiger partial charge in [0.15, 0.2) is 0 Å². The molecule has 0 amide bonds. The molecule has 0 aliphatic heterocycles. The van der Waals surface area contributed by atoms with Crippen LogP contribution >= 0.6 is 0 Å². The van der Waals surface area contributed by atoms with Crippen LogP contribution in [-0.2, 0) is 6.42 Å². The van der Waals surface area contributed by atoms with Gasteiger partial charge in [-0.15, -0.1) is 0 Å². The SMILES string of the molecule is Cc1nc(C(C)C)c2c(CCN)c[nH]c2n1. The topological polar surface area (TPSA) is 67.6 Å². The average Bonchev–Trinajstić information content (AvgIpc) is 2.60. The molecule has 0 saturated heterocycles. The first-order valence-corrected chi connectivity index (χ1v) is 5.68. The van der Waals surface area contributed by atoms with Gasteiger partial charge in [0, 0.05) is 11.6 Å². The summed E-state index contributed by atoms with van der Waals surface area (Å²) in [6, 6.07) is 0. The van der Waals surface area contributed by atoms with E-state index in [-0.39, 0.29) is 0 Å². The van der Waals surface area contributed by atoms with Gasteiger partial charge in [0.2, 0.25) is 0 Å². The number of nitrogens with zero attached hydrogens (tertiary/aromatic N) is 2. The lowest BCUT2D eigenvalue weighted by atomic mass is 10.0. The van der Waals surface area contributed by atoms with Gasteiger partial charge in [0.05, 0.1) is 5.69 Å². The third-order valence-corrected chi connectivity index (χ3v) is 2.71. The maximum absolute atomic E-state index is 5.61. The van der Waals surface area contributed by atoms with Crippen molar-refractivity contribution in [3.63, 3.8) is 0 Å². The molecule has 2 heterocycles. The van der Waals surface area contributed by atoms with E-state index in [2.05, 4.69) is 28.8 Å². The van der Waals surface area contributed by atoms with Crippen LogP contribution in [0.3, 0.4) is 0 Å². The first kappa shape index (κ1) is 11.1. The standard InChI is InChI=1S/C12H18N4/c1-7(2)11-10-9(4-5-13)6-14-12(10)16-8(3)15-11/h6-7H,4-5,13H2,1-3H3,(H,14,15,16). The quantitative estimate of drug-likeness (QED) is 0.826. The second-order valence-corrected chi connectivity index (χ2v) is 4.39. The predicted octanol–water partition coefficient (Wildman–Crippen LogP) is 1.89. The molecule has 0 saturated carbocycles. The maximum Gasteiger partial charge on any atom is 0.141 e. The second-order valence-electron chi connectivity index (χ2n) is 4.39. The molecule has 0 fully saturated rings. The summed E-state index contributed by atoms with van der Waals surface area (Å²) in [6.45, 7) is 6.88. The fraction of sp³-hybridized carbons (Fsp3) is 0.500. The molecule has 0 bridgehead atoms. The summed E-state index contributed by atoms with van der Waals surface area (Å²) in [5.41, 5.74) is 8.88. The third-order valence-electron chi connectivity index (χ3n) is 2.71. The minimum Gasteiger partial charge on any atom is -0.346 e. The summed E-state index contributed by atoms with van der Waals surface area (Å²) in [5, 5.41) is 1.16. The van der Waals surface area contributed by atoms with Gasteiger partial charge in [-0.1, -0.05) is 13.8 Å². The highest BCUT2D eigenvalue weighted by Gasteiger charge is 2.14. The molecule has 0 aliphatic rings. The lowest BCUT2D eigenvalue weighted by Crippen LogP contribution is -2.04. The zero-order valence-corrected chi connectivity index (χ0v) is 10.0. The largest absolute Gasteiger partial charge is 0.346 e. The molecule has 86 valence electrons. The van der Waals surface area contributed by atoms with E-state index in [0.29, 0.717) is 12.5 Å². The van der Waals surface area contributed by atoms with E-state index in [0.717, 1.165) is 29.0 Å². The number of aryl methyl sites for hydroxylation is 1. The van der Waals surface area contributed by atoms with Crippen LogP contribution < -0.4 is 5.73 Å². The smallest absolute Gasteiger partial charge is 0.141 e. The number of aromatic amines is 1. The Balaban J connectivity index is 2.69. The van der Waals surface area contributed by atoms with E-state index in [9.17, 15) is 0 Å². The predicted molar refractivity (Wildman–Crippen MR) is 65.5 cm³/mol. The number of hydrogen-bond donors (Lipinski definition) is 2. The van der Waals surface area contributed by atoms with Gasteiger partial charge in [-0.25, -0.2) is 9.97 Å². The van der Waals surface area contributed by atoms with Crippen molar-refractivity contribution >= 4 is 11.0 Å². The number of nitrogens with two attached hydrogens (primary N) is 1. The summed E-state index contributed by atoms with van der Waals surface area (Å²) in [5.74, 6) is 1.22. The number of hydrogen-bond acceptors (Lipinski definition) is 3. The second kappa shape index (κ2) is 4.22. The van der Waals surface area contributed by atoms with Crippen LogP contribution in [0.1, 0.15) is 36.8 Å². The van der Waals surface area contributed by atoms with Gasteiger partial charge in [-0.05, 0) is 31.4 Å². The van der Waals surface area contributed by atoms with Crippen molar-refractivity contribution in [1.29, 1.82) is 0 Å². The minimum atomic E-state index is 0.400. The van der Waals surface area contributed by atoms with Crippen LogP contribution in [-0.4, -0.2) is 21.5 Å². The van der Waals surface area contributed by atoms with E-state index in [1.807, 2.05) is 13.1 Å². The molecule has 4 nitrogen and oxygen atoms in total. The van der Waals surface area contributed by atoms with Gasteiger partial charge < -0.3 is 10.7 Å². The molecule has 0 atom stereocenters. The Labute approximate surface area is 95.3 Å². The molecule has 2 aromatic heterocycles. The van der Waals surface area contributed by atoms with Crippen molar-refractivity contribution < 1.29 is 0 Å². The van der Waals surface area contributed by atoms with Crippen LogP contribution in [0.2, 0.25) is 0 Å². The van der Waals surface area contributed by atoms with Crippen molar-refractivity contribution in [3.8, 4) is 0 Å². The normalized spacial score (nSPS) is 11.6. The fourth-order valence-electron chi connectivity index (χ4n) is 2.01. The van der Waals surface area contributed by atoms with Crippen molar-refractivity contribution in [1.82, 2.24) is 15.0 Å². The van der Waals surface area contributed by atoms with Gasteiger partial charge in [0.1, 0.15) is 11.5 Å². The molecule has 3 N–H and O–H groups in total. The van der Waals surface area contributed by atoms with Gasteiger partial charge in [-0.2, -0.15) is 0 Å². The molecule has 16 heavy (non-hydrogen) atoms. The number of fused-ring (bicyclic) bond motifs is 1. The number of nitrogens with one attached hydrogen (secondary N) is 1. The summed E-state index contributed by atoms with van der Waals surface area (Å²) in [4.78, 5) is 12.2. The molecule has 0 unspecified atom stereocenters. The minimum absolute atomic E-state index is 0.400. The summed E-state index contributed by atoms with van der Waals surface area (Å²) >= 11 is 0. The highest BCUT2D eigenvalue weighted by atomic mass is 14.9. The molecule has 4 heteroatoms. The molecule has 0 spiro atoms. The van der Waals surface area contributed by atoms with Crippen LogP contribution in [0.5, 0.6) is 0 Å². The van der Waals surface area contributed by atoms with E-state index in [1.165, 1.54) is 5.56 Å². The number of rotatable bonds is 3. The first-order chi connectivity index (χ1) is 7.63. The molecule has 2 aromatic rings. The molecule has 0 radical (unpaired) electrons. The van der Waals surface area contributed by atoms with Crippen molar-refractivity contribution in [3.05, 3.63) is 23.3 Å². The lowest BCUT2D eigenvalue weighted by Gasteiger charge is -2.08.